The second-order valence-corrected chi connectivity index (χ2v) is 4.61. The lowest BCUT2D eigenvalue weighted by molar-refractivity contribution is 0.182. The number of hydrogen-bond acceptors (Lipinski definition) is 3. The van der Waals surface area contributed by atoms with Crippen molar-refractivity contribution in [2.24, 2.45) is 0 Å². The van der Waals surface area contributed by atoms with Gasteiger partial charge in [-0.1, -0.05) is 17.7 Å². The molecule has 0 radical (unpaired) electrons. The quantitative estimate of drug-likeness (QED) is 0.838. The first-order valence-electron chi connectivity index (χ1n) is 5.73. The summed E-state index contributed by atoms with van der Waals surface area (Å²) < 4.78 is 5.71. The second-order valence-electron chi connectivity index (χ2n) is 4.61. The van der Waals surface area contributed by atoms with Gasteiger partial charge in [0.15, 0.2) is 0 Å². The molecule has 1 fully saturated rings. The third kappa shape index (κ3) is 2.74. The zero-order chi connectivity index (χ0) is 11.5. The standard InChI is InChI=1S/C13H19NO2/c1-10-3-5-13(6-4-10)16-9-11-7-12(15)8-14(11)2/h3-6,11-12,15H,7-9H2,1-2H3/t11-,12+/m0/s1. The van der Waals surface area contributed by atoms with Gasteiger partial charge < -0.3 is 9.84 Å². The summed E-state index contributed by atoms with van der Waals surface area (Å²) in [6.45, 7) is 3.46. The fourth-order valence-electron chi connectivity index (χ4n) is 2.07. The van der Waals surface area contributed by atoms with Crippen molar-refractivity contribution in [3.8, 4) is 5.75 Å². The molecule has 2 atom stereocenters. The van der Waals surface area contributed by atoms with Gasteiger partial charge in [-0.15, -0.1) is 0 Å². The number of aryl methyl sites for hydroxylation is 1. The summed E-state index contributed by atoms with van der Waals surface area (Å²) in [7, 11) is 2.03. The number of aliphatic hydroxyl groups is 1. The lowest BCUT2D eigenvalue weighted by Gasteiger charge is -2.19. The molecule has 3 nitrogen and oxygen atoms in total. The van der Waals surface area contributed by atoms with Gasteiger partial charge in [0.2, 0.25) is 0 Å². The second kappa shape index (κ2) is 4.85. The molecule has 3 heteroatoms. The maximum absolute atomic E-state index is 9.51. The molecule has 0 amide bonds. The van der Waals surface area contributed by atoms with Crippen molar-refractivity contribution in [3.05, 3.63) is 29.8 Å². The minimum absolute atomic E-state index is 0.198. The predicted molar refractivity (Wildman–Crippen MR) is 63.7 cm³/mol. The Morgan fingerprint density at radius 1 is 1.38 bits per heavy atom. The molecule has 0 spiro atoms. The van der Waals surface area contributed by atoms with Crippen LogP contribution in [0.2, 0.25) is 0 Å². The Morgan fingerprint density at radius 3 is 2.62 bits per heavy atom. The van der Waals surface area contributed by atoms with E-state index >= 15 is 0 Å². The van der Waals surface area contributed by atoms with Crippen molar-refractivity contribution in [3.63, 3.8) is 0 Å². The minimum Gasteiger partial charge on any atom is -0.492 e. The van der Waals surface area contributed by atoms with Gasteiger partial charge in [0.05, 0.1) is 6.10 Å². The molecule has 1 aromatic carbocycles. The van der Waals surface area contributed by atoms with Gasteiger partial charge in [0.1, 0.15) is 12.4 Å². The van der Waals surface area contributed by atoms with Gasteiger partial charge in [-0.05, 0) is 32.5 Å². The third-order valence-corrected chi connectivity index (χ3v) is 3.13. The molecular weight excluding hydrogens is 202 g/mol. The largest absolute Gasteiger partial charge is 0.492 e. The van der Waals surface area contributed by atoms with Crippen LogP contribution in [0.25, 0.3) is 0 Å². The number of benzene rings is 1. The average Bonchev–Trinajstić information content (AvgIpc) is 2.57. The summed E-state index contributed by atoms with van der Waals surface area (Å²) in [5.74, 6) is 0.903. The highest BCUT2D eigenvalue weighted by Crippen LogP contribution is 2.18. The maximum atomic E-state index is 9.51. The molecule has 16 heavy (non-hydrogen) atoms. The Kier molecular flexibility index (Phi) is 3.46. The van der Waals surface area contributed by atoms with E-state index in [1.54, 1.807) is 0 Å². The van der Waals surface area contributed by atoms with Gasteiger partial charge >= 0.3 is 0 Å². The number of hydrogen-bond donors (Lipinski definition) is 1. The SMILES string of the molecule is Cc1ccc(OC[C@@H]2C[C@@H](O)CN2C)cc1. The van der Waals surface area contributed by atoms with E-state index in [1.165, 1.54) is 5.56 Å². The van der Waals surface area contributed by atoms with Gasteiger partial charge in [-0.3, -0.25) is 4.90 Å². The van der Waals surface area contributed by atoms with E-state index in [0.29, 0.717) is 12.6 Å². The zero-order valence-electron chi connectivity index (χ0n) is 9.89. The Labute approximate surface area is 96.6 Å². The molecule has 0 aliphatic carbocycles. The zero-order valence-corrected chi connectivity index (χ0v) is 9.89. The number of nitrogens with zero attached hydrogens (tertiary/aromatic N) is 1. The molecule has 0 bridgehead atoms. The molecule has 0 unspecified atom stereocenters. The van der Waals surface area contributed by atoms with E-state index in [9.17, 15) is 5.11 Å². The van der Waals surface area contributed by atoms with Crippen LogP contribution in [-0.2, 0) is 0 Å². The van der Waals surface area contributed by atoms with Gasteiger partial charge in [-0.25, -0.2) is 0 Å². The van der Waals surface area contributed by atoms with Crippen LogP contribution in [-0.4, -0.2) is 42.4 Å². The van der Waals surface area contributed by atoms with Crippen LogP contribution >= 0.6 is 0 Å². The molecular formula is C13H19NO2. The molecule has 1 heterocycles. The van der Waals surface area contributed by atoms with Crippen molar-refractivity contribution in [1.82, 2.24) is 4.90 Å². The first-order valence-corrected chi connectivity index (χ1v) is 5.73. The van der Waals surface area contributed by atoms with Crippen LogP contribution in [0.1, 0.15) is 12.0 Å². The van der Waals surface area contributed by atoms with E-state index in [2.05, 4.69) is 11.8 Å². The average molecular weight is 221 g/mol. The Hall–Kier alpha value is -1.06. The maximum Gasteiger partial charge on any atom is 0.119 e. The van der Waals surface area contributed by atoms with Crippen LogP contribution in [0, 0.1) is 6.92 Å². The van der Waals surface area contributed by atoms with E-state index in [-0.39, 0.29) is 6.10 Å². The smallest absolute Gasteiger partial charge is 0.119 e. The van der Waals surface area contributed by atoms with Crippen molar-refractivity contribution in [2.45, 2.75) is 25.5 Å². The minimum atomic E-state index is -0.198. The highest BCUT2D eigenvalue weighted by molar-refractivity contribution is 5.26. The molecule has 1 aliphatic heterocycles. The number of aliphatic hydroxyl groups excluding tert-OH is 1. The summed E-state index contributed by atoms with van der Waals surface area (Å²) in [4.78, 5) is 2.15. The summed E-state index contributed by atoms with van der Waals surface area (Å²) in [5, 5.41) is 9.51. The summed E-state index contributed by atoms with van der Waals surface area (Å²) in [6, 6.07) is 8.39. The molecule has 1 aliphatic rings. The monoisotopic (exact) mass is 221 g/mol. The number of likely N-dealkylation sites (tertiary alicyclic amines) is 1. The van der Waals surface area contributed by atoms with Gasteiger partial charge in [0.25, 0.3) is 0 Å². The first kappa shape index (κ1) is 11.4. The molecule has 1 saturated heterocycles. The van der Waals surface area contributed by atoms with Crippen molar-refractivity contribution < 1.29 is 9.84 Å². The predicted octanol–water partition coefficient (Wildman–Crippen LogP) is 1.44. The molecule has 1 aromatic rings. The summed E-state index contributed by atoms with van der Waals surface area (Å²) in [5.41, 5.74) is 1.24. The topological polar surface area (TPSA) is 32.7 Å². The molecule has 88 valence electrons. The van der Waals surface area contributed by atoms with E-state index in [4.69, 9.17) is 4.74 Å². The van der Waals surface area contributed by atoms with Crippen LogP contribution < -0.4 is 4.74 Å². The van der Waals surface area contributed by atoms with Gasteiger partial charge in [-0.2, -0.15) is 0 Å². The Morgan fingerprint density at radius 2 is 2.06 bits per heavy atom. The number of rotatable bonds is 3. The number of β-amino-alcohol motifs (C(OH)–C–C–N with tert-alkyl or cyclic N) is 1. The lowest BCUT2D eigenvalue weighted by Crippen LogP contribution is -2.30. The number of likely N-dealkylation sites (N-methyl/N-ethyl adjacent to an activating group) is 1. The van der Waals surface area contributed by atoms with Crippen LogP contribution in [0.15, 0.2) is 24.3 Å². The van der Waals surface area contributed by atoms with Crippen molar-refractivity contribution in [2.75, 3.05) is 20.2 Å². The molecule has 0 saturated carbocycles. The van der Waals surface area contributed by atoms with Gasteiger partial charge in [0, 0.05) is 12.6 Å². The van der Waals surface area contributed by atoms with Crippen molar-refractivity contribution in [1.29, 1.82) is 0 Å². The normalized spacial score (nSPS) is 25.9. The van der Waals surface area contributed by atoms with Crippen LogP contribution in [0.4, 0.5) is 0 Å². The third-order valence-electron chi connectivity index (χ3n) is 3.13. The van der Waals surface area contributed by atoms with E-state index in [0.717, 1.165) is 18.7 Å². The molecule has 1 N–H and O–H groups in total. The van der Waals surface area contributed by atoms with Crippen LogP contribution in [0.5, 0.6) is 5.75 Å². The van der Waals surface area contributed by atoms with Crippen LogP contribution in [0.3, 0.4) is 0 Å². The fraction of sp³-hybridized carbons (Fsp3) is 0.538. The Balaban J connectivity index is 1.85. The summed E-state index contributed by atoms with van der Waals surface area (Å²) >= 11 is 0. The van der Waals surface area contributed by atoms with E-state index in [1.807, 2.05) is 31.3 Å². The van der Waals surface area contributed by atoms with Crippen molar-refractivity contribution >= 4 is 0 Å². The first-order chi connectivity index (χ1) is 7.65. The van der Waals surface area contributed by atoms with E-state index < -0.39 is 0 Å². The Bertz CT molecular complexity index is 336. The summed E-state index contributed by atoms with van der Waals surface area (Å²) in [6.07, 6.45) is 0.610. The number of ether oxygens (including phenoxy) is 1. The highest BCUT2D eigenvalue weighted by Gasteiger charge is 2.28. The molecule has 2 rings (SSSR count). The highest BCUT2D eigenvalue weighted by atomic mass is 16.5. The lowest BCUT2D eigenvalue weighted by atomic mass is 10.2. The fourth-order valence-corrected chi connectivity index (χ4v) is 2.07. The molecule has 0 aromatic heterocycles.